The Morgan fingerprint density at radius 2 is 1.92 bits per heavy atom. The molecular weight excluding hydrogens is 160 g/mol. The number of hydrogen-bond donors (Lipinski definition) is 1. The maximum Gasteiger partial charge on any atom is 0.0109 e. The minimum atomic E-state index is 0.000874. The van der Waals surface area contributed by atoms with Gasteiger partial charge in [0.2, 0.25) is 0 Å². The molecule has 0 aliphatic heterocycles. The topological polar surface area (TPSA) is 29.3 Å². The van der Waals surface area contributed by atoms with Crippen molar-refractivity contribution in [2.45, 2.75) is 58.0 Å². The number of nitrogens with two attached hydrogens (primary N) is 1. The van der Waals surface area contributed by atoms with Crippen molar-refractivity contribution in [3.8, 4) is 0 Å². The van der Waals surface area contributed by atoms with Gasteiger partial charge >= 0.3 is 0 Å². The molecule has 2 heteroatoms. The van der Waals surface area contributed by atoms with E-state index in [1.807, 2.05) is 0 Å². The molecule has 0 atom stereocenters. The first-order valence-electron chi connectivity index (χ1n) is 5.56. The van der Waals surface area contributed by atoms with Crippen LogP contribution in [-0.2, 0) is 0 Å². The lowest BCUT2D eigenvalue weighted by Crippen LogP contribution is -2.38. The van der Waals surface area contributed by atoms with Crippen LogP contribution < -0.4 is 5.73 Å². The monoisotopic (exact) mass is 184 g/mol. The summed E-state index contributed by atoms with van der Waals surface area (Å²) in [7, 11) is 0. The summed E-state index contributed by atoms with van der Waals surface area (Å²) >= 11 is 0. The number of nitrogens with zero attached hydrogens (tertiary/aromatic N) is 1. The van der Waals surface area contributed by atoms with E-state index in [0.29, 0.717) is 0 Å². The summed E-state index contributed by atoms with van der Waals surface area (Å²) in [5.41, 5.74) is 5.97. The molecule has 2 N–H and O–H groups in total. The van der Waals surface area contributed by atoms with Crippen molar-refractivity contribution in [1.82, 2.24) is 4.90 Å². The Kier molecular flexibility index (Phi) is 3.74. The quantitative estimate of drug-likeness (QED) is 0.684. The molecule has 0 spiro atoms. The summed E-state index contributed by atoms with van der Waals surface area (Å²) in [6, 6.07) is 0.891. The first-order chi connectivity index (χ1) is 6.03. The molecule has 0 saturated heterocycles. The van der Waals surface area contributed by atoms with E-state index in [1.54, 1.807) is 0 Å². The summed E-state index contributed by atoms with van der Waals surface area (Å²) in [5, 5.41) is 0. The molecule has 0 heterocycles. The predicted octanol–water partition coefficient (Wildman–Crippen LogP) is 1.99. The van der Waals surface area contributed by atoms with Gasteiger partial charge in [-0.2, -0.15) is 0 Å². The van der Waals surface area contributed by atoms with Crippen molar-refractivity contribution < 1.29 is 0 Å². The highest BCUT2D eigenvalue weighted by molar-refractivity contribution is 4.85. The van der Waals surface area contributed by atoms with Gasteiger partial charge in [-0.3, -0.25) is 0 Å². The molecule has 0 aromatic rings. The van der Waals surface area contributed by atoms with Crippen molar-refractivity contribution in [1.29, 1.82) is 0 Å². The van der Waals surface area contributed by atoms with E-state index in [2.05, 4.69) is 25.7 Å². The van der Waals surface area contributed by atoms with Crippen LogP contribution in [0.25, 0.3) is 0 Å². The summed E-state index contributed by atoms with van der Waals surface area (Å²) < 4.78 is 0. The normalized spacial score (nSPS) is 18.2. The van der Waals surface area contributed by atoms with Gasteiger partial charge in [-0.15, -0.1) is 0 Å². The first-order valence-corrected chi connectivity index (χ1v) is 5.56. The van der Waals surface area contributed by atoms with Crippen LogP contribution in [-0.4, -0.2) is 29.6 Å². The summed E-state index contributed by atoms with van der Waals surface area (Å²) in [6.45, 7) is 8.92. The average Bonchev–Trinajstić information content (AvgIpc) is 2.78. The van der Waals surface area contributed by atoms with Crippen molar-refractivity contribution in [2.75, 3.05) is 13.1 Å². The highest BCUT2D eigenvalue weighted by Gasteiger charge is 2.28. The minimum Gasteiger partial charge on any atom is -0.326 e. The van der Waals surface area contributed by atoms with Gasteiger partial charge in [0.1, 0.15) is 0 Å². The van der Waals surface area contributed by atoms with Crippen molar-refractivity contribution in [3.63, 3.8) is 0 Å². The fraction of sp³-hybridized carbons (Fsp3) is 1.00. The average molecular weight is 184 g/mol. The second-order valence-electron chi connectivity index (χ2n) is 5.01. The number of rotatable bonds is 6. The zero-order valence-corrected chi connectivity index (χ0v) is 9.34. The zero-order chi connectivity index (χ0) is 9.90. The SMILES string of the molecule is CCCN(CCC(C)(C)N)C1CC1. The lowest BCUT2D eigenvalue weighted by atomic mass is 10.0. The Morgan fingerprint density at radius 3 is 2.31 bits per heavy atom. The largest absolute Gasteiger partial charge is 0.326 e. The summed E-state index contributed by atoms with van der Waals surface area (Å²) in [4.78, 5) is 2.61. The second kappa shape index (κ2) is 4.43. The Morgan fingerprint density at radius 1 is 1.31 bits per heavy atom. The first kappa shape index (κ1) is 11.0. The van der Waals surface area contributed by atoms with Gasteiger partial charge in [-0.05, 0) is 46.1 Å². The zero-order valence-electron chi connectivity index (χ0n) is 9.34. The van der Waals surface area contributed by atoms with Crippen LogP contribution in [0.1, 0.15) is 46.5 Å². The van der Waals surface area contributed by atoms with E-state index in [9.17, 15) is 0 Å². The Hall–Kier alpha value is -0.0800. The fourth-order valence-corrected chi connectivity index (χ4v) is 1.64. The Balaban J connectivity index is 2.22. The molecule has 78 valence electrons. The van der Waals surface area contributed by atoms with E-state index in [-0.39, 0.29) is 5.54 Å². The molecule has 0 unspecified atom stereocenters. The van der Waals surface area contributed by atoms with Crippen molar-refractivity contribution in [2.24, 2.45) is 5.73 Å². The molecule has 1 saturated carbocycles. The van der Waals surface area contributed by atoms with Crippen LogP contribution in [0, 0.1) is 0 Å². The summed E-state index contributed by atoms with van der Waals surface area (Å²) in [5.74, 6) is 0. The molecule has 1 aliphatic rings. The third kappa shape index (κ3) is 4.63. The predicted molar refractivity (Wildman–Crippen MR) is 57.8 cm³/mol. The lowest BCUT2D eigenvalue weighted by molar-refractivity contribution is 0.239. The van der Waals surface area contributed by atoms with Gasteiger partial charge in [0.25, 0.3) is 0 Å². The van der Waals surface area contributed by atoms with Crippen LogP contribution in [0.15, 0.2) is 0 Å². The maximum atomic E-state index is 5.97. The van der Waals surface area contributed by atoms with E-state index < -0.39 is 0 Å². The molecular formula is C11H24N2. The van der Waals surface area contributed by atoms with Crippen LogP contribution in [0.4, 0.5) is 0 Å². The third-order valence-electron chi connectivity index (χ3n) is 2.62. The van der Waals surface area contributed by atoms with E-state index in [4.69, 9.17) is 5.73 Å². The summed E-state index contributed by atoms with van der Waals surface area (Å²) in [6.07, 6.45) is 5.20. The molecule has 0 aromatic carbocycles. The van der Waals surface area contributed by atoms with Gasteiger partial charge in [-0.25, -0.2) is 0 Å². The van der Waals surface area contributed by atoms with Crippen molar-refractivity contribution in [3.05, 3.63) is 0 Å². The van der Waals surface area contributed by atoms with Gasteiger partial charge < -0.3 is 10.6 Å². The molecule has 0 radical (unpaired) electrons. The molecule has 0 aromatic heterocycles. The highest BCUT2D eigenvalue weighted by atomic mass is 15.2. The molecule has 2 nitrogen and oxygen atoms in total. The fourth-order valence-electron chi connectivity index (χ4n) is 1.64. The van der Waals surface area contributed by atoms with E-state index in [0.717, 1.165) is 12.5 Å². The Bertz CT molecular complexity index is 145. The van der Waals surface area contributed by atoms with E-state index in [1.165, 1.54) is 32.4 Å². The number of hydrogen-bond acceptors (Lipinski definition) is 2. The molecule has 0 amide bonds. The minimum absolute atomic E-state index is 0.000874. The smallest absolute Gasteiger partial charge is 0.0109 e. The van der Waals surface area contributed by atoms with Crippen molar-refractivity contribution >= 4 is 0 Å². The maximum absolute atomic E-state index is 5.97. The van der Waals surface area contributed by atoms with Gasteiger partial charge in [0, 0.05) is 18.1 Å². The Labute approximate surface area is 82.5 Å². The molecule has 13 heavy (non-hydrogen) atoms. The van der Waals surface area contributed by atoms with Crippen LogP contribution >= 0.6 is 0 Å². The molecule has 0 bridgehead atoms. The van der Waals surface area contributed by atoms with Gasteiger partial charge in [0.15, 0.2) is 0 Å². The highest BCUT2D eigenvalue weighted by Crippen LogP contribution is 2.27. The van der Waals surface area contributed by atoms with Crippen LogP contribution in [0.5, 0.6) is 0 Å². The van der Waals surface area contributed by atoms with Gasteiger partial charge in [0.05, 0.1) is 0 Å². The van der Waals surface area contributed by atoms with Crippen LogP contribution in [0.3, 0.4) is 0 Å². The van der Waals surface area contributed by atoms with Crippen LogP contribution in [0.2, 0.25) is 0 Å². The second-order valence-corrected chi connectivity index (χ2v) is 5.01. The van der Waals surface area contributed by atoms with Gasteiger partial charge in [-0.1, -0.05) is 6.92 Å². The molecule has 1 fully saturated rings. The molecule has 1 aliphatic carbocycles. The third-order valence-corrected chi connectivity index (χ3v) is 2.62. The lowest BCUT2D eigenvalue weighted by Gasteiger charge is -2.26. The standard InChI is InChI=1S/C11H24N2/c1-4-8-13(10-5-6-10)9-7-11(2,3)12/h10H,4-9,12H2,1-3H3. The molecule has 1 rings (SSSR count). The van der Waals surface area contributed by atoms with E-state index >= 15 is 0 Å².